The minimum Gasteiger partial charge on any atom is -0.298 e. The van der Waals surface area contributed by atoms with Crippen LogP contribution in [0.3, 0.4) is 0 Å². The van der Waals surface area contributed by atoms with Gasteiger partial charge in [-0.1, -0.05) is 36.7 Å². The molecule has 4 nitrogen and oxygen atoms in total. The first-order chi connectivity index (χ1) is 8.11. The largest absolute Gasteiger partial charge is 0.298 e. The number of nitrogens with one attached hydrogen (secondary N) is 1. The van der Waals surface area contributed by atoms with Gasteiger partial charge >= 0.3 is 0 Å². The number of nitrogens with zero attached hydrogens (tertiary/aromatic N) is 1. The summed E-state index contributed by atoms with van der Waals surface area (Å²) in [6.07, 6.45) is 1.56. The number of hydrazine groups is 1. The lowest BCUT2D eigenvalue weighted by molar-refractivity contribution is -0.140. The van der Waals surface area contributed by atoms with E-state index in [-0.39, 0.29) is 21.9 Å². The number of hydrogen-bond donors (Lipinski definition) is 1. The first-order valence-corrected chi connectivity index (χ1v) is 7.19. The normalized spacial score (nSPS) is 41.5. The van der Waals surface area contributed by atoms with Gasteiger partial charge in [0.2, 0.25) is 5.91 Å². The molecule has 0 spiro atoms. The Bertz CT molecular complexity index is 421. The summed E-state index contributed by atoms with van der Waals surface area (Å²) in [6, 6.07) is 0. The monoisotopic (exact) mass is 316 g/mol. The van der Waals surface area contributed by atoms with E-state index in [1.165, 1.54) is 0 Å². The summed E-state index contributed by atoms with van der Waals surface area (Å²) in [6.45, 7) is 6.10. The minimum atomic E-state index is -0.636. The van der Waals surface area contributed by atoms with Gasteiger partial charge < -0.3 is 0 Å². The van der Waals surface area contributed by atoms with Crippen molar-refractivity contribution in [3.8, 4) is 0 Å². The van der Waals surface area contributed by atoms with Crippen LogP contribution in [0.4, 0.5) is 0 Å². The third-order valence-corrected chi connectivity index (χ3v) is 6.65. The summed E-state index contributed by atoms with van der Waals surface area (Å²) in [5.74, 6) is 0.126. The molecular weight excluding hydrogens is 296 g/mol. The highest BCUT2D eigenvalue weighted by Gasteiger charge is 2.76. The second-order valence-corrected chi connectivity index (χ2v) is 7.41. The Morgan fingerprint density at radius 1 is 1.33 bits per heavy atom. The Kier molecular flexibility index (Phi) is 2.95. The molecule has 2 bridgehead atoms. The molecule has 2 aliphatic rings. The minimum absolute atomic E-state index is 0.0473. The number of rotatable bonds is 2. The van der Waals surface area contributed by atoms with Crippen molar-refractivity contribution in [2.45, 2.75) is 38.4 Å². The van der Waals surface area contributed by atoms with Gasteiger partial charge in [0.25, 0.3) is 0 Å². The van der Waals surface area contributed by atoms with Crippen LogP contribution < -0.4 is 5.43 Å². The van der Waals surface area contributed by atoms with Gasteiger partial charge in [0, 0.05) is 19.5 Å². The van der Waals surface area contributed by atoms with Crippen molar-refractivity contribution < 1.29 is 9.59 Å². The topological polar surface area (TPSA) is 49.4 Å². The van der Waals surface area contributed by atoms with Crippen LogP contribution in [0.2, 0.25) is 0 Å². The fraction of sp³-hybridized carbons (Fsp3) is 0.846. The van der Waals surface area contributed by atoms with E-state index in [1.807, 2.05) is 6.92 Å². The predicted molar refractivity (Wildman–Crippen MR) is 73.1 cm³/mol. The molecule has 0 aliphatic heterocycles. The van der Waals surface area contributed by atoms with Crippen LogP contribution in [0.15, 0.2) is 0 Å². The van der Waals surface area contributed by atoms with Gasteiger partial charge in [-0.3, -0.25) is 15.0 Å². The van der Waals surface area contributed by atoms with Crippen molar-refractivity contribution in [1.29, 1.82) is 0 Å². The van der Waals surface area contributed by atoms with Gasteiger partial charge in [-0.25, -0.2) is 5.01 Å². The highest BCUT2D eigenvalue weighted by Crippen LogP contribution is 2.72. The van der Waals surface area contributed by atoms with Crippen molar-refractivity contribution >= 4 is 27.6 Å². The van der Waals surface area contributed by atoms with Crippen molar-refractivity contribution in [3.63, 3.8) is 0 Å². The lowest BCUT2D eigenvalue weighted by Crippen LogP contribution is -2.53. The van der Waals surface area contributed by atoms with Gasteiger partial charge in [0.05, 0.1) is 10.2 Å². The van der Waals surface area contributed by atoms with Crippen LogP contribution in [-0.2, 0) is 9.59 Å². The molecule has 1 amide bonds. The number of amides is 1. The molecule has 5 heteroatoms. The second-order valence-electron chi connectivity index (χ2n) is 6.49. The summed E-state index contributed by atoms with van der Waals surface area (Å²) in [7, 11) is 3.57. The van der Waals surface area contributed by atoms with E-state index in [4.69, 9.17) is 0 Å². The Labute approximate surface area is 117 Å². The smallest absolute Gasteiger partial charge is 0.242 e. The zero-order valence-electron chi connectivity index (χ0n) is 11.6. The predicted octanol–water partition coefficient (Wildman–Crippen LogP) is 1.74. The van der Waals surface area contributed by atoms with E-state index in [1.54, 1.807) is 19.1 Å². The Balaban J connectivity index is 2.49. The molecule has 3 atom stereocenters. The Morgan fingerprint density at radius 2 is 1.89 bits per heavy atom. The van der Waals surface area contributed by atoms with E-state index in [0.29, 0.717) is 0 Å². The fourth-order valence-electron chi connectivity index (χ4n) is 3.76. The number of Topliss-reactive ketones (excluding diaryl/α,β-unsaturated/α-hetero) is 1. The summed E-state index contributed by atoms with van der Waals surface area (Å²) in [5.41, 5.74) is 1.48. The van der Waals surface area contributed by atoms with Crippen LogP contribution in [0.5, 0.6) is 0 Å². The van der Waals surface area contributed by atoms with Crippen LogP contribution in [-0.4, -0.2) is 35.6 Å². The van der Waals surface area contributed by atoms with Crippen molar-refractivity contribution in [3.05, 3.63) is 0 Å². The molecule has 0 unspecified atom stereocenters. The first kappa shape index (κ1) is 14.0. The summed E-state index contributed by atoms with van der Waals surface area (Å²) in [5, 5.41) is 1.64. The standard InChI is InChI=1S/C13H21BrN2O2/c1-11(2)12(3)6-7-13(11,8(14)9(12)17)10(18)15-16(4)5/h8H,6-7H2,1-5H3,(H,15,18)/t8-,12+,13-/m0/s1. The van der Waals surface area contributed by atoms with Gasteiger partial charge in [0.1, 0.15) is 0 Å². The molecule has 2 fully saturated rings. The Morgan fingerprint density at radius 3 is 2.28 bits per heavy atom. The molecule has 2 rings (SSSR count). The van der Waals surface area contributed by atoms with Crippen molar-refractivity contribution in [2.75, 3.05) is 14.1 Å². The quantitative estimate of drug-likeness (QED) is 0.623. The van der Waals surface area contributed by atoms with Crippen LogP contribution in [0.1, 0.15) is 33.6 Å². The molecule has 0 heterocycles. The van der Waals surface area contributed by atoms with E-state index in [0.717, 1.165) is 12.8 Å². The molecule has 0 radical (unpaired) electrons. The average Bonchev–Trinajstić information content (AvgIpc) is 2.51. The van der Waals surface area contributed by atoms with Gasteiger partial charge in [-0.15, -0.1) is 0 Å². The second kappa shape index (κ2) is 3.79. The Hall–Kier alpha value is -0.420. The molecule has 2 saturated carbocycles. The van der Waals surface area contributed by atoms with Gasteiger partial charge in [-0.2, -0.15) is 0 Å². The van der Waals surface area contributed by atoms with E-state index in [2.05, 4.69) is 35.2 Å². The maximum atomic E-state index is 12.6. The highest BCUT2D eigenvalue weighted by atomic mass is 79.9. The number of carbonyl (C=O) groups excluding carboxylic acids is 2. The number of alkyl halides is 1. The van der Waals surface area contributed by atoms with Crippen molar-refractivity contribution in [2.24, 2.45) is 16.2 Å². The van der Waals surface area contributed by atoms with E-state index < -0.39 is 10.8 Å². The lowest BCUT2D eigenvalue weighted by Gasteiger charge is -2.40. The molecule has 1 N–H and O–H groups in total. The van der Waals surface area contributed by atoms with Crippen molar-refractivity contribution in [1.82, 2.24) is 10.4 Å². The number of halogens is 1. The van der Waals surface area contributed by atoms with Gasteiger partial charge in [-0.05, 0) is 18.3 Å². The maximum Gasteiger partial charge on any atom is 0.242 e. The first-order valence-electron chi connectivity index (χ1n) is 6.28. The average molecular weight is 317 g/mol. The molecule has 102 valence electrons. The number of carbonyl (C=O) groups is 2. The third-order valence-electron chi connectivity index (χ3n) is 5.45. The zero-order valence-corrected chi connectivity index (χ0v) is 13.2. The summed E-state index contributed by atoms with van der Waals surface area (Å²) < 4.78 is 0. The molecular formula is C13H21BrN2O2. The lowest BCUT2D eigenvalue weighted by atomic mass is 9.64. The third kappa shape index (κ3) is 1.29. The van der Waals surface area contributed by atoms with Crippen LogP contribution in [0, 0.1) is 16.2 Å². The molecule has 0 aromatic carbocycles. The molecule has 0 aromatic rings. The number of hydrogen-bond acceptors (Lipinski definition) is 3. The van der Waals surface area contributed by atoms with E-state index in [9.17, 15) is 9.59 Å². The molecule has 0 saturated heterocycles. The molecule has 0 aromatic heterocycles. The van der Waals surface area contributed by atoms with E-state index >= 15 is 0 Å². The van der Waals surface area contributed by atoms with Crippen LogP contribution >= 0.6 is 15.9 Å². The maximum absolute atomic E-state index is 12.6. The SMILES string of the molecule is CN(C)NC(=O)[C@]12CC[C@](C)(C(=O)[C@@H]1Br)C2(C)C. The molecule has 18 heavy (non-hydrogen) atoms. The summed E-state index contributed by atoms with van der Waals surface area (Å²) >= 11 is 3.49. The number of ketones is 1. The van der Waals surface area contributed by atoms with Gasteiger partial charge in [0.15, 0.2) is 5.78 Å². The number of fused-ring (bicyclic) bond motifs is 2. The zero-order chi connectivity index (χ0) is 13.9. The summed E-state index contributed by atoms with van der Waals surface area (Å²) in [4.78, 5) is 24.7. The highest BCUT2D eigenvalue weighted by molar-refractivity contribution is 9.10. The van der Waals surface area contributed by atoms with Crippen LogP contribution in [0.25, 0.3) is 0 Å². The fourth-order valence-corrected chi connectivity index (χ4v) is 5.27. The molecule has 2 aliphatic carbocycles.